The molecule has 0 rings (SSSR count). The normalized spacial score (nSPS) is 11.2. The SMILES string of the molecule is CC/N=C/C=C\NC. The average molecular weight is 112 g/mol. The lowest BCUT2D eigenvalue weighted by Crippen LogP contribution is -1.90. The zero-order valence-corrected chi connectivity index (χ0v) is 5.39. The molecular formula is C6H12N2. The van der Waals surface area contributed by atoms with Crippen LogP contribution in [0.2, 0.25) is 0 Å². The van der Waals surface area contributed by atoms with E-state index >= 15 is 0 Å². The maximum Gasteiger partial charge on any atom is 0.0360 e. The lowest BCUT2D eigenvalue weighted by molar-refractivity contribution is 1.10. The molecule has 0 fully saturated rings. The van der Waals surface area contributed by atoms with Crippen molar-refractivity contribution in [3.8, 4) is 0 Å². The highest BCUT2D eigenvalue weighted by molar-refractivity contribution is 5.70. The maximum atomic E-state index is 3.96. The fraction of sp³-hybridized carbons (Fsp3) is 0.500. The van der Waals surface area contributed by atoms with E-state index in [0.717, 1.165) is 6.54 Å². The molecule has 0 amide bonds. The fourth-order valence-corrected chi connectivity index (χ4v) is 0.306. The van der Waals surface area contributed by atoms with Gasteiger partial charge in [0.25, 0.3) is 0 Å². The van der Waals surface area contributed by atoms with Gasteiger partial charge < -0.3 is 5.32 Å². The molecular weight excluding hydrogens is 100 g/mol. The van der Waals surface area contributed by atoms with E-state index in [1.54, 1.807) is 6.21 Å². The number of hydrogen-bond acceptors (Lipinski definition) is 2. The largest absolute Gasteiger partial charge is 0.394 e. The quantitative estimate of drug-likeness (QED) is 0.537. The summed E-state index contributed by atoms with van der Waals surface area (Å²) in [7, 11) is 1.86. The highest BCUT2D eigenvalue weighted by atomic mass is 14.8. The van der Waals surface area contributed by atoms with Crippen molar-refractivity contribution >= 4 is 6.21 Å². The third kappa shape index (κ3) is 5.21. The Bertz CT molecular complexity index is 72.5. The van der Waals surface area contributed by atoms with Crippen LogP contribution in [0.5, 0.6) is 0 Å². The van der Waals surface area contributed by atoms with Crippen molar-refractivity contribution in [1.29, 1.82) is 0 Å². The van der Waals surface area contributed by atoms with Crippen LogP contribution in [0.3, 0.4) is 0 Å². The van der Waals surface area contributed by atoms with Crippen LogP contribution in [0.1, 0.15) is 6.92 Å². The topological polar surface area (TPSA) is 24.4 Å². The van der Waals surface area contributed by atoms with Crippen LogP contribution >= 0.6 is 0 Å². The van der Waals surface area contributed by atoms with Crippen LogP contribution in [-0.2, 0) is 0 Å². The number of nitrogens with zero attached hydrogens (tertiary/aromatic N) is 1. The zero-order valence-electron chi connectivity index (χ0n) is 5.39. The Kier molecular flexibility index (Phi) is 5.60. The Labute approximate surface area is 50.3 Å². The fourth-order valence-electron chi connectivity index (χ4n) is 0.306. The van der Waals surface area contributed by atoms with Gasteiger partial charge >= 0.3 is 0 Å². The number of hydrogen-bond donors (Lipinski definition) is 1. The molecule has 0 aromatic carbocycles. The minimum Gasteiger partial charge on any atom is -0.394 e. The smallest absolute Gasteiger partial charge is 0.0360 e. The van der Waals surface area contributed by atoms with Gasteiger partial charge in [-0.2, -0.15) is 0 Å². The van der Waals surface area contributed by atoms with Crippen molar-refractivity contribution in [1.82, 2.24) is 5.32 Å². The van der Waals surface area contributed by atoms with E-state index < -0.39 is 0 Å². The summed E-state index contributed by atoms with van der Waals surface area (Å²) in [6.45, 7) is 2.86. The molecule has 8 heavy (non-hydrogen) atoms. The predicted molar refractivity (Wildman–Crippen MR) is 37.2 cm³/mol. The van der Waals surface area contributed by atoms with Gasteiger partial charge in [-0.3, -0.25) is 4.99 Å². The van der Waals surface area contributed by atoms with E-state index in [0.29, 0.717) is 0 Å². The molecule has 46 valence electrons. The first-order valence-electron chi connectivity index (χ1n) is 2.74. The molecule has 2 heteroatoms. The number of allylic oxidation sites excluding steroid dienone is 1. The van der Waals surface area contributed by atoms with E-state index in [-0.39, 0.29) is 0 Å². The first-order chi connectivity index (χ1) is 3.91. The molecule has 0 aliphatic heterocycles. The number of nitrogens with one attached hydrogen (secondary N) is 1. The van der Waals surface area contributed by atoms with Crippen LogP contribution in [0.25, 0.3) is 0 Å². The van der Waals surface area contributed by atoms with Gasteiger partial charge in [0, 0.05) is 19.8 Å². The third-order valence-electron chi connectivity index (χ3n) is 0.637. The monoisotopic (exact) mass is 112 g/mol. The molecule has 0 aliphatic rings. The molecule has 0 saturated carbocycles. The van der Waals surface area contributed by atoms with E-state index in [9.17, 15) is 0 Å². The van der Waals surface area contributed by atoms with E-state index in [1.807, 2.05) is 26.2 Å². The van der Waals surface area contributed by atoms with Crippen LogP contribution in [-0.4, -0.2) is 19.8 Å². The lowest BCUT2D eigenvalue weighted by atomic mass is 10.6. The lowest BCUT2D eigenvalue weighted by Gasteiger charge is -1.79. The second-order valence-electron chi connectivity index (χ2n) is 1.30. The standard InChI is InChI=1S/C6H12N2/c1-3-8-6-4-5-7-2/h4-7H,3H2,1-2H3/b5-4-,8-6+. The molecule has 0 unspecified atom stereocenters. The van der Waals surface area contributed by atoms with Crippen LogP contribution in [0.4, 0.5) is 0 Å². The summed E-state index contributed by atoms with van der Waals surface area (Å²) in [4.78, 5) is 3.96. The summed E-state index contributed by atoms with van der Waals surface area (Å²) in [6, 6.07) is 0. The third-order valence-corrected chi connectivity index (χ3v) is 0.637. The van der Waals surface area contributed by atoms with Crippen LogP contribution < -0.4 is 5.32 Å². The van der Waals surface area contributed by atoms with E-state index in [2.05, 4.69) is 10.3 Å². The van der Waals surface area contributed by atoms with Gasteiger partial charge in [-0.05, 0) is 19.2 Å². The summed E-state index contributed by atoms with van der Waals surface area (Å²) < 4.78 is 0. The molecule has 0 aromatic heterocycles. The van der Waals surface area contributed by atoms with Crippen molar-refractivity contribution in [2.75, 3.05) is 13.6 Å². The molecule has 2 nitrogen and oxygen atoms in total. The summed E-state index contributed by atoms with van der Waals surface area (Å²) >= 11 is 0. The van der Waals surface area contributed by atoms with Gasteiger partial charge in [-0.1, -0.05) is 0 Å². The molecule has 0 aliphatic carbocycles. The summed E-state index contributed by atoms with van der Waals surface area (Å²) in [6.07, 6.45) is 5.47. The number of aliphatic imine (C=N–C) groups is 1. The highest BCUT2D eigenvalue weighted by Gasteiger charge is 1.60. The molecule has 0 atom stereocenters. The zero-order chi connectivity index (χ0) is 6.24. The Balaban J connectivity index is 3.13. The molecule has 0 aromatic rings. The van der Waals surface area contributed by atoms with Gasteiger partial charge in [0.1, 0.15) is 0 Å². The van der Waals surface area contributed by atoms with Crippen molar-refractivity contribution in [2.24, 2.45) is 4.99 Å². The van der Waals surface area contributed by atoms with Crippen molar-refractivity contribution < 1.29 is 0 Å². The Morgan fingerprint density at radius 1 is 1.62 bits per heavy atom. The minimum absolute atomic E-state index is 0.855. The second kappa shape index (κ2) is 6.21. The number of rotatable bonds is 3. The molecule has 1 N–H and O–H groups in total. The second-order valence-corrected chi connectivity index (χ2v) is 1.30. The molecule has 0 radical (unpaired) electrons. The molecule has 0 heterocycles. The summed E-state index contributed by atoms with van der Waals surface area (Å²) in [5.74, 6) is 0. The van der Waals surface area contributed by atoms with E-state index in [1.165, 1.54) is 0 Å². The van der Waals surface area contributed by atoms with Crippen molar-refractivity contribution in [3.05, 3.63) is 12.3 Å². The van der Waals surface area contributed by atoms with Gasteiger partial charge in [0.2, 0.25) is 0 Å². The van der Waals surface area contributed by atoms with Crippen LogP contribution in [0.15, 0.2) is 17.3 Å². The summed E-state index contributed by atoms with van der Waals surface area (Å²) in [5.41, 5.74) is 0. The van der Waals surface area contributed by atoms with Gasteiger partial charge in [-0.15, -0.1) is 0 Å². The van der Waals surface area contributed by atoms with Gasteiger partial charge in [-0.25, -0.2) is 0 Å². The Morgan fingerprint density at radius 2 is 2.38 bits per heavy atom. The highest BCUT2D eigenvalue weighted by Crippen LogP contribution is 1.64. The van der Waals surface area contributed by atoms with Gasteiger partial charge in [0.15, 0.2) is 0 Å². The average Bonchev–Trinajstić information content (AvgIpc) is 1.81. The van der Waals surface area contributed by atoms with Crippen LogP contribution in [0, 0.1) is 0 Å². The van der Waals surface area contributed by atoms with Crippen molar-refractivity contribution in [2.45, 2.75) is 6.92 Å². The Hall–Kier alpha value is -0.790. The Morgan fingerprint density at radius 3 is 2.88 bits per heavy atom. The van der Waals surface area contributed by atoms with E-state index in [4.69, 9.17) is 0 Å². The first-order valence-corrected chi connectivity index (χ1v) is 2.74. The predicted octanol–water partition coefficient (Wildman–Crippen LogP) is 0.810. The minimum atomic E-state index is 0.855. The first kappa shape index (κ1) is 7.21. The molecule has 0 bridgehead atoms. The summed E-state index contributed by atoms with van der Waals surface area (Å²) in [5, 5.41) is 2.85. The van der Waals surface area contributed by atoms with Gasteiger partial charge in [0.05, 0.1) is 0 Å². The maximum absolute atomic E-state index is 3.96. The molecule has 0 spiro atoms. The van der Waals surface area contributed by atoms with Crippen molar-refractivity contribution in [3.63, 3.8) is 0 Å². The molecule has 0 saturated heterocycles.